The molecule has 200 valence electrons. The summed E-state index contributed by atoms with van der Waals surface area (Å²) in [6.07, 6.45) is 0.647. The molecule has 0 saturated carbocycles. The number of phenolic OH excluding ortho intramolecular Hbond substituents is 1. The number of rotatable bonds is 11. The second-order valence-corrected chi connectivity index (χ2v) is 9.99. The molecule has 1 atom stereocenters. The van der Waals surface area contributed by atoms with Crippen molar-refractivity contribution in [2.45, 2.75) is 40.2 Å². The van der Waals surface area contributed by atoms with E-state index in [0.717, 1.165) is 12.1 Å². The van der Waals surface area contributed by atoms with Crippen LogP contribution in [-0.2, 0) is 9.59 Å². The molecule has 0 aliphatic carbocycles. The second kappa shape index (κ2) is 12.1. The molecule has 2 N–H and O–H groups in total. The zero-order valence-electron chi connectivity index (χ0n) is 22.6. The first kappa shape index (κ1) is 28.1. The van der Waals surface area contributed by atoms with Gasteiger partial charge in [0.1, 0.15) is 11.5 Å². The Morgan fingerprint density at radius 2 is 1.81 bits per heavy atom. The first-order valence-electron chi connectivity index (χ1n) is 12.7. The van der Waals surface area contributed by atoms with E-state index >= 15 is 0 Å². The van der Waals surface area contributed by atoms with Gasteiger partial charge in [-0.05, 0) is 88.3 Å². The van der Waals surface area contributed by atoms with Crippen LogP contribution in [0.2, 0.25) is 0 Å². The van der Waals surface area contributed by atoms with Gasteiger partial charge in [0.2, 0.25) is 0 Å². The van der Waals surface area contributed by atoms with Crippen LogP contribution in [0.4, 0.5) is 0 Å². The Bertz CT molecular complexity index is 1170. The van der Waals surface area contributed by atoms with Crippen molar-refractivity contribution in [2.24, 2.45) is 5.92 Å². The summed E-state index contributed by atoms with van der Waals surface area (Å²) < 4.78 is 11.4. The first-order chi connectivity index (χ1) is 17.5. The maximum atomic E-state index is 13.3. The van der Waals surface area contributed by atoms with Crippen molar-refractivity contribution in [1.82, 2.24) is 9.80 Å². The Balaban J connectivity index is 2.09. The molecule has 8 nitrogen and oxygen atoms in total. The summed E-state index contributed by atoms with van der Waals surface area (Å²) in [7, 11) is 3.88. The van der Waals surface area contributed by atoms with Gasteiger partial charge >= 0.3 is 0 Å². The minimum absolute atomic E-state index is 0.0123. The highest BCUT2D eigenvalue weighted by molar-refractivity contribution is 6.46. The first-order valence-corrected chi connectivity index (χ1v) is 12.7. The second-order valence-electron chi connectivity index (χ2n) is 9.99. The molecule has 3 rings (SSSR count). The molecule has 0 radical (unpaired) electrons. The van der Waals surface area contributed by atoms with Crippen molar-refractivity contribution in [3.63, 3.8) is 0 Å². The summed E-state index contributed by atoms with van der Waals surface area (Å²) in [5.41, 5.74) is 1.82. The van der Waals surface area contributed by atoms with Crippen LogP contribution in [0, 0.1) is 12.8 Å². The lowest BCUT2D eigenvalue weighted by Crippen LogP contribution is -2.32. The minimum atomic E-state index is -0.820. The van der Waals surface area contributed by atoms with Crippen LogP contribution in [0.3, 0.4) is 0 Å². The predicted molar refractivity (Wildman–Crippen MR) is 143 cm³/mol. The number of aryl methyl sites for hydroxylation is 1. The fraction of sp³-hybridized carbons (Fsp3) is 0.448. The molecule has 37 heavy (non-hydrogen) atoms. The summed E-state index contributed by atoms with van der Waals surface area (Å²) in [5.74, 6) is -0.373. The Morgan fingerprint density at radius 1 is 1.08 bits per heavy atom. The Hall–Kier alpha value is -3.52. The largest absolute Gasteiger partial charge is 0.507 e. The minimum Gasteiger partial charge on any atom is -0.507 e. The summed E-state index contributed by atoms with van der Waals surface area (Å²) in [6, 6.07) is 9.14. The van der Waals surface area contributed by atoms with Crippen LogP contribution in [0.25, 0.3) is 5.76 Å². The van der Waals surface area contributed by atoms with Crippen LogP contribution in [0.1, 0.15) is 49.9 Å². The number of carbonyl (C=O) groups is 2. The standard InChI is InChI=1S/C29H38N2O6/c1-7-36-24-16-20(9-11-22(24)32)26-25(28(34)29(35)31(26)14-8-13-30(5)6)27(33)21-10-12-23(19(4)15-21)37-17-18(2)3/h9-12,15-16,18,26,32-33H,7-8,13-14,17H2,1-6H3/b27-25+/t26-/m1/s1. The average molecular weight is 511 g/mol. The van der Waals surface area contributed by atoms with E-state index in [1.807, 2.05) is 25.9 Å². The number of phenols is 1. The third kappa shape index (κ3) is 6.43. The zero-order chi connectivity index (χ0) is 27.3. The zero-order valence-corrected chi connectivity index (χ0v) is 22.6. The third-order valence-electron chi connectivity index (χ3n) is 6.16. The fourth-order valence-corrected chi connectivity index (χ4v) is 4.36. The van der Waals surface area contributed by atoms with E-state index in [1.54, 1.807) is 37.3 Å². The number of aromatic hydroxyl groups is 1. The van der Waals surface area contributed by atoms with Gasteiger partial charge in [-0.3, -0.25) is 9.59 Å². The molecule has 2 aromatic carbocycles. The molecule has 0 spiro atoms. The van der Waals surface area contributed by atoms with Gasteiger partial charge in [0.15, 0.2) is 11.5 Å². The summed E-state index contributed by atoms with van der Waals surface area (Å²) in [4.78, 5) is 30.0. The SMILES string of the molecule is CCOc1cc([C@@H]2/C(=C(\O)c3ccc(OCC(C)C)c(C)c3)C(=O)C(=O)N2CCCN(C)C)ccc1O. The molecule has 0 bridgehead atoms. The number of amides is 1. The quantitative estimate of drug-likeness (QED) is 0.261. The van der Waals surface area contributed by atoms with Gasteiger partial charge < -0.3 is 29.5 Å². The molecule has 0 unspecified atom stereocenters. The monoisotopic (exact) mass is 510 g/mol. The number of likely N-dealkylation sites (tertiary alicyclic amines) is 1. The highest BCUT2D eigenvalue weighted by Gasteiger charge is 2.46. The number of carbonyl (C=O) groups excluding carboxylic acids is 2. The van der Waals surface area contributed by atoms with Gasteiger partial charge in [-0.1, -0.05) is 19.9 Å². The Kier molecular flexibility index (Phi) is 9.21. The van der Waals surface area contributed by atoms with Crippen molar-refractivity contribution < 1.29 is 29.3 Å². The number of aliphatic hydroxyl groups excluding tert-OH is 1. The number of ether oxygens (including phenoxy) is 2. The van der Waals surface area contributed by atoms with E-state index in [1.165, 1.54) is 11.0 Å². The molecule has 2 aromatic rings. The van der Waals surface area contributed by atoms with Gasteiger partial charge in [-0.2, -0.15) is 0 Å². The molecule has 0 aromatic heterocycles. The number of benzene rings is 2. The van der Waals surface area contributed by atoms with Crippen LogP contribution in [0.15, 0.2) is 42.0 Å². The number of Topliss-reactive ketones (excluding diaryl/α,β-unsaturated/α-hetero) is 1. The molecule has 1 aliphatic rings. The number of hydrogen-bond donors (Lipinski definition) is 2. The Morgan fingerprint density at radius 3 is 2.43 bits per heavy atom. The summed E-state index contributed by atoms with van der Waals surface area (Å²) in [5, 5.41) is 21.6. The van der Waals surface area contributed by atoms with Crippen molar-refractivity contribution in [3.05, 3.63) is 58.7 Å². The molecule has 1 fully saturated rings. The average Bonchev–Trinajstić information content (AvgIpc) is 3.09. The van der Waals surface area contributed by atoms with Crippen LogP contribution in [0.5, 0.6) is 17.2 Å². The predicted octanol–water partition coefficient (Wildman–Crippen LogP) is 4.51. The van der Waals surface area contributed by atoms with Gasteiger partial charge in [-0.25, -0.2) is 0 Å². The van der Waals surface area contributed by atoms with Crippen molar-refractivity contribution >= 4 is 17.4 Å². The van der Waals surface area contributed by atoms with Crippen LogP contribution < -0.4 is 9.47 Å². The Labute approximate surface area is 219 Å². The van der Waals surface area contributed by atoms with Crippen molar-refractivity contribution in [3.8, 4) is 17.2 Å². The lowest BCUT2D eigenvalue weighted by atomic mass is 9.94. The molecule has 1 saturated heterocycles. The highest BCUT2D eigenvalue weighted by Crippen LogP contribution is 2.42. The van der Waals surface area contributed by atoms with Crippen LogP contribution >= 0.6 is 0 Å². The summed E-state index contributed by atoms with van der Waals surface area (Å²) >= 11 is 0. The topological polar surface area (TPSA) is 99.5 Å². The molecular formula is C29H38N2O6. The van der Waals surface area contributed by atoms with E-state index < -0.39 is 17.7 Å². The lowest BCUT2D eigenvalue weighted by molar-refractivity contribution is -0.139. The molecule has 1 aliphatic heterocycles. The van der Waals surface area contributed by atoms with Gasteiger partial charge in [0, 0.05) is 12.1 Å². The van der Waals surface area contributed by atoms with E-state index in [9.17, 15) is 19.8 Å². The molecule has 1 heterocycles. The van der Waals surface area contributed by atoms with Gasteiger partial charge in [0.25, 0.3) is 11.7 Å². The maximum Gasteiger partial charge on any atom is 0.295 e. The van der Waals surface area contributed by atoms with E-state index in [0.29, 0.717) is 49.0 Å². The van der Waals surface area contributed by atoms with Crippen molar-refractivity contribution in [1.29, 1.82) is 0 Å². The fourth-order valence-electron chi connectivity index (χ4n) is 4.36. The van der Waals surface area contributed by atoms with Crippen LogP contribution in [-0.4, -0.2) is 72.1 Å². The number of ketones is 1. The number of aliphatic hydroxyl groups is 1. The highest BCUT2D eigenvalue weighted by atomic mass is 16.5. The van der Waals surface area contributed by atoms with E-state index in [4.69, 9.17) is 9.47 Å². The smallest absolute Gasteiger partial charge is 0.295 e. The number of nitrogens with zero attached hydrogens (tertiary/aromatic N) is 2. The molecular weight excluding hydrogens is 472 g/mol. The number of hydrogen-bond acceptors (Lipinski definition) is 7. The summed E-state index contributed by atoms with van der Waals surface area (Å²) in [6.45, 7) is 9.76. The van der Waals surface area contributed by atoms with E-state index in [-0.39, 0.29) is 22.8 Å². The third-order valence-corrected chi connectivity index (χ3v) is 6.16. The normalized spacial score (nSPS) is 17.2. The van der Waals surface area contributed by atoms with E-state index in [2.05, 4.69) is 13.8 Å². The maximum absolute atomic E-state index is 13.3. The van der Waals surface area contributed by atoms with Gasteiger partial charge in [-0.15, -0.1) is 0 Å². The molecule has 1 amide bonds. The van der Waals surface area contributed by atoms with Gasteiger partial charge in [0.05, 0.1) is 24.8 Å². The lowest BCUT2D eigenvalue weighted by Gasteiger charge is -2.26. The molecule has 8 heteroatoms. The van der Waals surface area contributed by atoms with Crippen molar-refractivity contribution in [2.75, 3.05) is 40.4 Å².